The molecule has 5 aliphatic rings. The molecule has 0 aromatic carbocycles. The average molecular weight is 494 g/mol. The summed E-state index contributed by atoms with van der Waals surface area (Å²) in [6, 6.07) is 0. The Morgan fingerprint density at radius 2 is 1.58 bits per heavy atom. The van der Waals surface area contributed by atoms with Gasteiger partial charge in [0, 0.05) is 17.8 Å². The van der Waals surface area contributed by atoms with Crippen molar-refractivity contribution < 1.29 is 19.5 Å². The van der Waals surface area contributed by atoms with E-state index in [-0.39, 0.29) is 57.2 Å². The van der Waals surface area contributed by atoms with Gasteiger partial charge in [-0.2, -0.15) is 0 Å². The second kappa shape index (κ2) is 7.33. The molecule has 0 spiro atoms. The summed E-state index contributed by atoms with van der Waals surface area (Å²) in [5, 5.41) is 10.5. The van der Waals surface area contributed by atoms with Crippen LogP contribution in [0.3, 0.4) is 0 Å². The third-order valence-corrected chi connectivity index (χ3v) is 12.9. The highest BCUT2D eigenvalue weighted by Crippen LogP contribution is 2.75. The van der Waals surface area contributed by atoms with Gasteiger partial charge in [0.25, 0.3) is 0 Å². The molecular weight excluding hydrogens is 450 g/mol. The summed E-state index contributed by atoms with van der Waals surface area (Å²) in [6.07, 6.45) is 7.91. The number of rotatable bonds is 1. The number of carboxylic acids is 1. The molecule has 0 heterocycles. The lowest BCUT2D eigenvalue weighted by Crippen LogP contribution is -2.69. The molecule has 8 atom stereocenters. The lowest BCUT2D eigenvalue weighted by Gasteiger charge is -2.71. The van der Waals surface area contributed by atoms with E-state index < -0.39 is 22.2 Å². The highest BCUT2D eigenvalue weighted by atomic mass is 16.4. The Morgan fingerprint density at radius 3 is 2.19 bits per heavy atom. The number of carbonyl (C=O) groups is 3. The first-order chi connectivity index (χ1) is 16.5. The first kappa shape index (κ1) is 25.7. The van der Waals surface area contributed by atoms with Crippen molar-refractivity contribution in [2.24, 2.45) is 56.2 Å². The fraction of sp³-hybridized carbons (Fsp3) is 0.806. The average Bonchev–Trinajstić information content (AvgIpc) is 2.77. The maximum Gasteiger partial charge on any atom is 0.309 e. The van der Waals surface area contributed by atoms with E-state index in [4.69, 9.17) is 6.57 Å². The molecule has 0 bridgehead atoms. The minimum Gasteiger partial charge on any atom is -0.481 e. The van der Waals surface area contributed by atoms with Crippen molar-refractivity contribution >= 4 is 17.5 Å². The molecule has 0 amide bonds. The Bertz CT molecular complexity index is 1130. The van der Waals surface area contributed by atoms with Crippen LogP contribution in [-0.4, -0.2) is 22.6 Å². The number of nitrogens with zero attached hydrogens (tertiary/aromatic N) is 1. The Labute approximate surface area is 216 Å². The van der Waals surface area contributed by atoms with Crippen molar-refractivity contribution in [3.05, 3.63) is 23.2 Å². The van der Waals surface area contributed by atoms with Crippen molar-refractivity contribution in [3.8, 4) is 0 Å². The van der Waals surface area contributed by atoms with Gasteiger partial charge in [0.1, 0.15) is 5.78 Å². The fourth-order valence-corrected chi connectivity index (χ4v) is 10.6. The molecule has 196 valence electrons. The summed E-state index contributed by atoms with van der Waals surface area (Å²) in [6.45, 7) is 23.0. The number of carbonyl (C=O) groups excluding carboxylic acids is 2. The molecular formula is C31H43NO4. The van der Waals surface area contributed by atoms with Gasteiger partial charge in [0.05, 0.1) is 12.0 Å². The van der Waals surface area contributed by atoms with E-state index in [2.05, 4.69) is 39.5 Å². The summed E-state index contributed by atoms with van der Waals surface area (Å²) in [4.78, 5) is 43.9. The van der Waals surface area contributed by atoms with Gasteiger partial charge in [-0.25, -0.2) is 4.85 Å². The van der Waals surface area contributed by atoms with Gasteiger partial charge < -0.3 is 9.90 Å². The number of hydrogen-bond donors (Lipinski definition) is 1. The molecule has 0 aliphatic heterocycles. The molecule has 5 nitrogen and oxygen atoms in total. The quantitative estimate of drug-likeness (QED) is 0.411. The highest BCUT2D eigenvalue weighted by Gasteiger charge is 2.73. The number of aliphatic carboxylic acids is 1. The minimum absolute atomic E-state index is 0.0323. The van der Waals surface area contributed by atoms with Crippen LogP contribution in [0.1, 0.15) is 99.8 Å². The summed E-state index contributed by atoms with van der Waals surface area (Å²) in [5.41, 5.74) is -2.05. The zero-order chi connectivity index (χ0) is 26.7. The standard InChI is InChI=1S/C31H43NO4/c1-26(2)11-13-31(25(35)36)14-12-30(7)23(18(31)16-26)20(33)15-22-28(5)17-19(32-8)24(34)27(3,4)21(28)9-10-29(22,30)6/h17-18,21-23H,9-16H2,1-7H3,(H,35,36)/t18-,21-,22+,23-,28-,29+,30+,31-/m0/s1. The van der Waals surface area contributed by atoms with Gasteiger partial charge in [0.15, 0.2) is 5.78 Å². The number of hydrogen-bond acceptors (Lipinski definition) is 3. The maximum atomic E-state index is 14.3. The van der Waals surface area contributed by atoms with Crippen molar-refractivity contribution in [3.63, 3.8) is 0 Å². The number of allylic oxidation sites excluding steroid dienone is 2. The summed E-state index contributed by atoms with van der Waals surface area (Å²) in [5.74, 6) is -0.804. The van der Waals surface area contributed by atoms with Crippen LogP contribution in [0.25, 0.3) is 4.85 Å². The molecule has 0 saturated heterocycles. The maximum absolute atomic E-state index is 14.3. The minimum atomic E-state index is -0.796. The van der Waals surface area contributed by atoms with Crippen molar-refractivity contribution in [2.75, 3.05) is 0 Å². The van der Waals surface area contributed by atoms with Gasteiger partial charge in [-0.15, -0.1) is 0 Å². The first-order valence-corrected chi connectivity index (χ1v) is 13.9. The van der Waals surface area contributed by atoms with E-state index in [9.17, 15) is 19.5 Å². The number of ketones is 2. The molecule has 0 aromatic rings. The van der Waals surface area contributed by atoms with E-state index in [1.807, 2.05) is 19.9 Å². The van der Waals surface area contributed by atoms with Crippen LogP contribution in [0, 0.1) is 62.7 Å². The van der Waals surface area contributed by atoms with Crippen molar-refractivity contribution in [1.29, 1.82) is 0 Å². The number of carboxylic acid groups (broad SMARTS) is 1. The highest BCUT2D eigenvalue weighted by molar-refractivity contribution is 6.02. The third kappa shape index (κ3) is 2.91. The van der Waals surface area contributed by atoms with Crippen molar-refractivity contribution in [2.45, 2.75) is 99.8 Å². The van der Waals surface area contributed by atoms with Crippen LogP contribution < -0.4 is 0 Å². The Morgan fingerprint density at radius 1 is 0.944 bits per heavy atom. The van der Waals surface area contributed by atoms with Crippen LogP contribution in [0.15, 0.2) is 11.8 Å². The van der Waals surface area contributed by atoms with Crippen LogP contribution in [0.4, 0.5) is 0 Å². The topological polar surface area (TPSA) is 75.8 Å². The SMILES string of the molecule is [C-]#[N+]C1=C[C@]2(C)[C@H]3CC(=O)[C@@H]4[C@@H]5CC(C)(C)CC[C@]5(C(=O)O)CC[C@@]4(C)[C@]3(C)CC[C@H]2C(C)(C)C1=O. The first-order valence-electron chi connectivity index (χ1n) is 13.9. The van der Waals surface area contributed by atoms with Crippen molar-refractivity contribution in [1.82, 2.24) is 0 Å². The predicted molar refractivity (Wildman–Crippen MR) is 138 cm³/mol. The number of Topliss-reactive ketones (excluding diaryl/α,β-unsaturated/α-hetero) is 2. The zero-order valence-electron chi connectivity index (χ0n) is 23.2. The normalized spacial score (nSPS) is 48.9. The second-order valence-corrected chi connectivity index (χ2v) is 15.1. The smallest absolute Gasteiger partial charge is 0.309 e. The molecule has 1 N–H and O–H groups in total. The van der Waals surface area contributed by atoms with E-state index in [1.54, 1.807) is 0 Å². The van der Waals surface area contributed by atoms with Crippen LogP contribution in [-0.2, 0) is 14.4 Å². The molecule has 5 heteroatoms. The molecule has 4 fully saturated rings. The van der Waals surface area contributed by atoms with Crippen LogP contribution in [0.5, 0.6) is 0 Å². The molecule has 4 saturated carbocycles. The van der Waals surface area contributed by atoms with Crippen LogP contribution >= 0.6 is 0 Å². The number of fused-ring (bicyclic) bond motifs is 7. The fourth-order valence-electron chi connectivity index (χ4n) is 10.6. The predicted octanol–water partition coefficient (Wildman–Crippen LogP) is 6.72. The van der Waals surface area contributed by atoms with Gasteiger partial charge >= 0.3 is 5.97 Å². The summed E-state index contributed by atoms with van der Waals surface area (Å²) >= 11 is 0. The lowest BCUT2D eigenvalue weighted by atomic mass is 9.31. The van der Waals surface area contributed by atoms with Crippen LogP contribution in [0.2, 0.25) is 0 Å². The Hall–Kier alpha value is -1.96. The summed E-state index contributed by atoms with van der Waals surface area (Å²) in [7, 11) is 0. The summed E-state index contributed by atoms with van der Waals surface area (Å²) < 4.78 is 0. The van der Waals surface area contributed by atoms with Gasteiger partial charge in [0.2, 0.25) is 5.70 Å². The monoisotopic (exact) mass is 493 g/mol. The second-order valence-electron chi connectivity index (χ2n) is 15.1. The third-order valence-electron chi connectivity index (χ3n) is 12.9. The largest absolute Gasteiger partial charge is 0.481 e. The Balaban J connectivity index is 1.65. The lowest BCUT2D eigenvalue weighted by molar-refractivity contribution is -0.225. The van der Waals surface area contributed by atoms with Gasteiger partial charge in [-0.3, -0.25) is 9.59 Å². The van der Waals surface area contributed by atoms with E-state index >= 15 is 0 Å². The Kier molecular flexibility index (Phi) is 5.23. The molecule has 5 aliphatic carbocycles. The molecule has 0 radical (unpaired) electrons. The van der Waals surface area contributed by atoms with Gasteiger partial charge in [-0.1, -0.05) is 54.5 Å². The van der Waals surface area contributed by atoms with E-state index in [0.29, 0.717) is 19.3 Å². The molecule has 0 aromatic heterocycles. The van der Waals surface area contributed by atoms with E-state index in [1.165, 1.54) is 0 Å². The zero-order valence-corrected chi connectivity index (χ0v) is 23.2. The van der Waals surface area contributed by atoms with Gasteiger partial charge in [-0.05, 0) is 84.4 Å². The van der Waals surface area contributed by atoms with E-state index in [0.717, 1.165) is 32.1 Å². The molecule has 36 heavy (non-hydrogen) atoms. The molecule has 5 rings (SSSR count). The molecule has 0 unspecified atom stereocenters.